The maximum atomic E-state index is 12.6. The largest absolute Gasteiger partial charge is 0.444 e. The molecule has 0 saturated heterocycles. The van der Waals surface area contributed by atoms with Crippen molar-refractivity contribution in [3.63, 3.8) is 0 Å². The van der Waals surface area contributed by atoms with Gasteiger partial charge in [0.2, 0.25) is 0 Å². The molecule has 0 bridgehead atoms. The van der Waals surface area contributed by atoms with Crippen molar-refractivity contribution < 1.29 is 14.3 Å². The minimum atomic E-state index is -0.603. The first kappa shape index (κ1) is 23.9. The number of benzene rings is 1. The molecular weight excluding hydrogens is 483 g/mol. The zero-order valence-corrected chi connectivity index (χ0v) is 20.8. The molecule has 0 spiro atoms. The van der Waals surface area contributed by atoms with Crippen LogP contribution in [0.5, 0.6) is 0 Å². The number of amides is 2. The van der Waals surface area contributed by atoms with E-state index < -0.39 is 17.2 Å². The third-order valence-corrected chi connectivity index (χ3v) is 6.80. The first-order valence-electron chi connectivity index (χ1n) is 10.5. The first-order valence-corrected chi connectivity index (χ1v) is 12.3. The number of thioether (sulfide) groups is 1. The lowest BCUT2D eigenvalue weighted by Crippen LogP contribution is -2.35. The molecule has 2 heterocycles. The highest BCUT2D eigenvalue weighted by Gasteiger charge is 2.57. The Hall–Kier alpha value is -2.29. The Bertz CT molecular complexity index is 1120. The summed E-state index contributed by atoms with van der Waals surface area (Å²) in [5, 5.41) is 7.17. The third-order valence-electron chi connectivity index (χ3n) is 5.34. The smallest absolute Gasteiger partial charge is 0.413 e. The van der Waals surface area contributed by atoms with E-state index in [0.717, 1.165) is 24.2 Å². The van der Waals surface area contributed by atoms with Crippen molar-refractivity contribution >= 4 is 57.8 Å². The molecule has 4 rings (SSSR count). The molecular formula is C23H24Cl2N4O3S. The second kappa shape index (κ2) is 9.16. The minimum Gasteiger partial charge on any atom is -0.444 e. The number of hydrogen-bond acceptors (Lipinski definition) is 6. The summed E-state index contributed by atoms with van der Waals surface area (Å²) in [4.78, 5) is 33.8. The quantitative estimate of drug-likeness (QED) is 0.542. The summed E-state index contributed by atoms with van der Waals surface area (Å²) in [6.45, 7) is 5.43. The molecule has 174 valence electrons. The second-order valence-corrected chi connectivity index (χ2v) is 10.9. The van der Waals surface area contributed by atoms with E-state index in [4.69, 9.17) is 32.9 Å². The topological polar surface area (TPSA) is 92.7 Å². The first-order chi connectivity index (χ1) is 15.6. The third kappa shape index (κ3) is 5.62. The van der Waals surface area contributed by atoms with Gasteiger partial charge < -0.3 is 10.1 Å². The van der Waals surface area contributed by atoms with Gasteiger partial charge in [0, 0.05) is 28.2 Å². The van der Waals surface area contributed by atoms with Gasteiger partial charge >= 0.3 is 6.09 Å². The van der Waals surface area contributed by atoms with E-state index >= 15 is 0 Å². The number of pyridine rings is 1. The van der Waals surface area contributed by atoms with E-state index in [1.807, 2.05) is 26.8 Å². The number of aliphatic imine (C=N–C) groups is 1. The molecule has 33 heavy (non-hydrogen) atoms. The van der Waals surface area contributed by atoms with Gasteiger partial charge in [0.1, 0.15) is 11.3 Å². The van der Waals surface area contributed by atoms with Crippen molar-refractivity contribution in [2.24, 2.45) is 10.9 Å². The molecule has 1 aromatic carbocycles. The van der Waals surface area contributed by atoms with E-state index in [-0.39, 0.29) is 11.6 Å². The number of fused-ring (bicyclic) bond motifs is 1. The highest BCUT2D eigenvalue weighted by molar-refractivity contribution is 8.13. The lowest BCUT2D eigenvalue weighted by Gasteiger charge is -2.21. The van der Waals surface area contributed by atoms with Gasteiger partial charge in [-0.1, -0.05) is 35.0 Å². The molecule has 1 aliphatic heterocycles. The SMILES string of the molecule is CC(C)(C)OC(=O)NC1=NC2(c3cc(NC(=O)c4ccc(Cl)cn4)ccc3Cl)CC2CCS1. The fourth-order valence-electron chi connectivity index (χ4n) is 3.79. The number of nitrogens with zero attached hydrogens (tertiary/aromatic N) is 2. The number of carbonyl (C=O) groups is 2. The van der Waals surface area contributed by atoms with Crippen LogP contribution < -0.4 is 10.6 Å². The molecule has 2 aliphatic rings. The van der Waals surface area contributed by atoms with Crippen LogP contribution in [0.2, 0.25) is 10.0 Å². The number of hydrogen-bond donors (Lipinski definition) is 2. The molecule has 2 aromatic rings. The Morgan fingerprint density at radius 3 is 2.67 bits per heavy atom. The molecule has 1 fully saturated rings. The zero-order chi connectivity index (χ0) is 23.8. The number of ether oxygens (including phenoxy) is 1. The Balaban J connectivity index is 1.57. The lowest BCUT2D eigenvalue weighted by molar-refractivity contribution is 0.0564. The average molecular weight is 507 g/mol. The average Bonchev–Trinajstić information content (AvgIpc) is 3.43. The van der Waals surface area contributed by atoms with Crippen molar-refractivity contribution in [1.29, 1.82) is 0 Å². The van der Waals surface area contributed by atoms with E-state index in [1.165, 1.54) is 18.0 Å². The van der Waals surface area contributed by atoms with Crippen LogP contribution in [0.25, 0.3) is 0 Å². The summed E-state index contributed by atoms with van der Waals surface area (Å²) < 4.78 is 5.37. The fourth-order valence-corrected chi connectivity index (χ4v) is 5.16. The van der Waals surface area contributed by atoms with E-state index in [0.29, 0.717) is 26.8 Å². The molecule has 2 N–H and O–H groups in total. The molecule has 2 amide bonds. The summed E-state index contributed by atoms with van der Waals surface area (Å²) in [7, 11) is 0. The van der Waals surface area contributed by atoms with E-state index in [9.17, 15) is 9.59 Å². The van der Waals surface area contributed by atoms with Crippen molar-refractivity contribution in [3.05, 3.63) is 57.8 Å². The maximum Gasteiger partial charge on any atom is 0.413 e. The normalized spacial score (nSPS) is 21.8. The van der Waals surface area contributed by atoms with Crippen molar-refractivity contribution in [2.45, 2.75) is 44.8 Å². The van der Waals surface area contributed by atoms with E-state index in [2.05, 4.69) is 15.6 Å². The minimum absolute atomic E-state index is 0.256. The number of alkyl carbamates (subject to hydrolysis) is 1. The second-order valence-electron chi connectivity index (χ2n) is 9.02. The molecule has 1 aliphatic carbocycles. The number of carbonyl (C=O) groups excluding carboxylic acids is 2. The Kier molecular flexibility index (Phi) is 6.62. The number of aromatic nitrogens is 1. The molecule has 10 heteroatoms. The molecule has 1 saturated carbocycles. The number of nitrogens with one attached hydrogen (secondary N) is 2. The van der Waals surface area contributed by atoms with Crippen molar-refractivity contribution in [1.82, 2.24) is 10.3 Å². The van der Waals surface area contributed by atoms with Gasteiger partial charge in [-0.2, -0.15) is 0 Å². The number of anilines is 1. The van der Waals surface area contributed by atoms with Crippen molar-refractivity contribution in [3.8, 4) is 0 Å². The Morgan fingerprint density at radius 1 is 1.18 bits per heavy atom. The molecule has 1 aromatic heterocycles. The van der Waals surface area contributed by atoms with Crippen LogP contribution in [0.4, 0.5) is 10.5 Å². The monoisotopic (exact) mass is 506 g/mol. The summed E-state index contributed by atoms with van der Waals surface area (Å²) in [5.74, 6) is 0.790. The van der Waals surface area contributed by atoms with Crippen LogP contribution in [0.15, 0.2) is 41.5 Å². The van der Waals surface area contributed by atoms with Crippen LogP contribution in [-0.2, 0) is 10.3 Å². The van der Waals surface area contributed by atoms with Crippen LogP contribution in [0, 0.1) is 5.92 Å². The van der Waals surface area contributed by atoms with Gasteiger partial charge in [-0.05, 0) is 69.9 Å². The molecule has 7 nitrogen and oxygen atoms in total. The van der Waals surface area contributed by atoms with Crippen LogP contribution in [0.1, 0.15) is 49.7 Å². The summed E-state index contributed by atoms with van der Waals surface area (Å²) in [6, 6.07) is 8.51. The highest BCUT2D eigenvalue weighted by atomic mass is 35.5. The summed E-state index contributed by atoms with van der Waals surface area (Å²) in [5.41, 5.74) is 0.525. The maximum absolute atomic E-state index is 12.6. The van der Waals surface area contributed by atoms with Gasteiger partial charge in [-0.25, -0.2) is 9.78 Å². The number of halogens is 2. The van der Waals surface area contributed by atoms with Gasteiger partial charge in [0.05, 0.1) is 10.6 Å². The van der Waals surface area contributed by atoms with Gasteiger partial charge in [0.25, 0.3) is 5.91 Å². The standard InChI is InChI=1S/C23H24Cl2N4O3S/c1-22(2,3)32-21(31)28-20-29-23(11-13(23)8-9-33-20)16-10-15(5-6-17(16)25)27-19(30)18-7-4-14(24)12-26-18/h4-7,10,12-13H,8-9,11H2,1-3H3,(H,27,30)(H,28,29,31). The predicted octanol–water partition coefficient (Wildman–Crippen LogP) is 5.87. The van der Waals surface area contributed by atoms with Gasteiger partial charge in [-0.3, -0.25) is 15.1 Å². The summed E-state index contributed by atoms with van der Waals surface area (Å²) in [6.07, 6.45) is 2.65. The van der Waals surface area contributed by atoms with E-state index in [1.54, 1.807) is 24.3 Å². The number of amidine groups is 1. The van der Waals surface area contributed by atoms with Crippen LogP contribution >= 0.6 is 35.0 Å². The van der Waals surface area contributed by atoms with Gasteiger partial charge in [-0.15, -0.1) is 0 Å². The highest BCUT2D eigenvalue weighted by Crippen LogP contribution is 2.60. The van der Waals surface area contributed by atoms with Gasteiger partial charge in [0.15, 0.2) is 5.17 Å². The molecule has 0 radical (unpaired) electrons. The molecule has 2 unspecified atom stereocenters. The van der Waals surface area contributed by atoms with Crippen LogP contribution in [-0.4, -0.2) is 33.5 Å². The number of rotatable bonds is 3. The fraction of sp³-hybridized carbons (Fsp3) is 0.391. The molecule has 2 atom stereocenters. The van der Waals surface area contributed by atoms with Crippen LogP contribution in [0.3, 0.4) is 0 Å². The van der Waals surface area contributed by atoms with Crippen molar-refractivity contribution in [2.75, 3.05) is 11.1 Å². The Labute approximate surface area is 206 Å². The zero-order valence-electron chi connectivity index (χ0n) is 18.4. The summed E-state index contributed by atoms with van der Waals surface area (Å²) >= 11 is 13.9. The predicted molar refractivity (Wildman–Crippen MR) is 132 cm³/mol. The lowest BCUT2D eigenvalue weighted by atomic mass is 10.0. The Morgan fingerprint density at radius 2 is 1.97 bits per heavy atom.